The first-order valence-corrected chi connectivity index (χ1v) is 19.6. The van der Waals surface area contributed by atoms with Gasteiger partial charge in [0.1, 0.15) is 12.1 Å². The van der Waals surface area contributed by atoms with Gasteiger partial charge < -0.3 is 29.4 Å². The van der Waals surface area contributed by atoms with Crippen LogP contribution in [0.2, 0.25) is 0 Å². The van der Waals surface area contributed by atoms with E-state index < -0.39 is 5.97 Å². The van der Waals surface area contributed by atoms with Crippen LogP contribution in [0.5, 0.6) is 11.5 Å². The summed E-state index contributed by atoms with van der Waals surface area (Å²) in [6.07, 6.45) is 14.6. The quantitative estimate of drug-likeness (QED) is 0.0789. The van der Waals surface area contributed by atoms with Crippen molar-refractivity contribution in [3.63, 3.8) is 0 Å². The topological polar surface area (TPSA) is 103 Å². The molecule has 2 aromatic carbocycles. The van der Waals surface area contributed by atoms with Crippen LogP contribution in [0.15, 0.2) is 30.3 Å². The van der Waals surface area contributed by atoms with Crippen LogP contribution < -0.4 is 14.4 Å². The van der Waals surface area contributed by atoms with E-state index in [0.717, 1.165) is 94.1 Å². The zero-order valence-electron chi connectivity index (χ0n) is 33.2. The number of carboxylic acid groups (broad SMARTS) is 1. The maximum Gasteiger partial charge on any atom is 0.300 e. The van der Waals surface area contributed by atoms with Gasteiger partial charge in [0.25, 0.3) is 5.97 Å². The van der Waals surface area contributed by atoms with Gasteiger partial charge in [-0.25, -0.2) is 4.39 Å². The predicted octanol–water partition coefficient (Wildman–Crippen LogP) is 8.58. The van der Waals surface area contributed by atoms with Crippen molar-refractivity contribution in [3.8, 4) is 11.5 Å². The third kappa shape index (κ3) is 15.0. The van der Waals surface area contributed by atoms with Gasteiger partial charge in [-0.15, -0.1) is 0 Å². The molecule has 0 aliphatic carbocycles. The number of halogens is 1. The molecule has 9 nitrogen and oxygen atoms in total. The van der Waals surface area contributed by atoms with Gasteiger partial charge >= 0.3 is 0 Å². The van der Waals surface area contributed by atoms with Crippen LogP contribution in [0.25, 0.3) is 0 Å². The summed E-state index contributed by atoms with van der Waals surface area (Å²) < 4.78 is 24.7. The fraction of sp³-hybridized carbons (Fsp3) is 0.667. The number of carboxylic acids is 1. The van der Waals surface area contributed by atoms with Crippen LogP contribution in [0.3, 0.4) is 0 Å². The Balaban J connectivity index is 0.000000374. The zero-order chi connectivity index (χ0) is 38.5. The number of carbonyl (C=O) groups is 2. The molecule has 10 heteroatoms. The molecule has 2 unspecified atom stereocenters. The lowest BCUT2D eigenvalue weighted by molar-refractivity contribution is -0.134. The van der Waals surface area contributed by atoms with E-state index in [9.17, 15) is 14.3 Å². The summed E-state index contributed by atoms with van der Waals surface area (Å²) in [7, 11) is 2.11. The summed E-state index contributed by atoms with van der Waals surface area (Å²) in [5.74, 6) is 1.23. The number of aldehydes is 1. The Morgan fingerprint density at radius 1 is 1.02 bits per heavy atom. The molecule has 2 heterocycles. The standard InChI is InChI=1S/C25H40N2O4.C15H24FN.C2H4O2/c1-3-5-7-10-26(18-29)11-9-23-15-22(17-27(23)12-13-28)21-14-20(8-6-4-2)25-24(16-21)30-19-31-25;1-5-7-13(8-6-2)17(4)14-9-10-15(16)12(3)11-14;1-2(3)4/h13-14,16,22-23,29H,3-12,15,17-19H2,1-2H3;9-11,13H,5-8H2,1-4H3;1H3,(H,3,4). The number of hydrogen-bond acceptors (Lipinski definition) is 8. The van der Waals surface area contributed by atoms with Gasteiger partial charge in [0.05, 0.1) is 13.3 Å². The van der Waals surface area contributed by atoms with Crippen molar-refractivity contribution in [2.45, 2.75) is 137 Å². The van der Waals surface area contributed by atoms with Crippen molar-refractivity contribution in [3.05, 3.63) is 52.8 Å². The maximum atomic E-state index is 13.2. The first kappa shape index (κ1) is 44.9. The van der Waals surface area contributed by atoms with E-state index in [1.165, 1.54) is 49.7 Å². The van der Waals surface area contributed by atoms with Crippen LogP contribution >= 0.6 is 0 Å². The molecule has 0 aromatic heterocycles. The van der Waals surface area contributed by atoms with E-state index in [-0.39, 0.29) is 12.5 Å². The van der Waals surface area contributed by atoms with Crippen molar-refractivity contribution < 1.29 is 33.7 Å². The summed E-state index contributed by atoms with van der Waals surface area (Å²) >= 11 is 0. The third-order valence-electron chi connectivity index (χ3n) is 10.1. The minimum Gasteiger partial charge on any atom is -0.481 e. The molecule has 52 heavy (non-hydrogen) atoms. The van der Waals surface area contributed by atoms with Crippen molar-refractivity contribution in [2.24, 2.45) is 0 Å². The monoisotopic (exact) mass is 730 g/mol. The number of aryl methyl sites for hydroxylation is 2. The molecule has 2 N–H and O–H groups in total. The van der Waals surface area contributed by atoms with E-state index in [4.69, 9.17) is 19.4 Å². The molecule has 2 atom stereocenters. The number of rotatable bonds is 20. The van der Waals surface area contributed by atoms with Gasteiger partial charge in [-0.2, -0.15) is 0 Å². The van der Waals surface area contributed by atoms with E-state index in [2.05, 4.69) is 61.6 Å². The number of carbonyl (C=O) groups excluding carboxylic acids is 1. The average molecular weight is 730 g/mol. The molecule has 2 aliphatic rings. The summed E-state index contributed by atoms with van der Waals surface area (Å²) in [5.41, 5.74) is 4.40. The number of ether oxygens (including phenoxy) is 2. The largest absolute Gasteiger partial charge is 0.481 e. The Morgan fingerprint density at radius 3 is 2.31 bits per heavy atom. The number of anilines is 1. The molecule has 0 spiro atoms. The molecule has 2 aliphatic heterocycles. The lowest BCUT2D eigenvalue weighted by Gasteiger charge is -2.30. The van der Waals surface area contributed by atoms with Crippen molar-refractivity contribution >= 4 is 17.9 Å². The highest BCUT2D eigenvalue weighted by molar-refractivity contribution is 5.63. The van der Waals surface area contributed by atoms with Gasteiger partial charge in [-0.05, 0) is 98.7 Å². The minimum atomic E-state index is -0.833. The molecule has 1 saturated heterocycles. The third-order valence-corrected chi connectivity index (χ3v) is 10.1. The van der Waals surface area contributed by atoms with Crippen LogP contribution in [0.1, 0.15) is 128 Å². The van der Waals surface area contributed by atoms with E-state index in [1.807, 2.05) is 19.1 Å². The van der Waals surface area contributed by atoms with Crippen molar-refractivity contribution in [1.29, 1.82) is 0 Å². The number of hydrogen-bond donors (Lipinski definition) is 2. The van der Waals surface area contributed by atoms with E-state index in [1.54, 1.807) is 6.07 Å². The molecular formula is C42H68FN3O6. The Labute approximate surface area is 313 Å². The number of fused-ring (bicyclic) bond motifs is 1. The SMILES string of the molecule is CC(=O)O.CCCC(CCC)N(C)c1ccc(F)c(C)c1.CCCCCN(CO)CCC1CC(c2cc(CCCC)c3c(c2)OCO3)CN1CC=O. The minimum absolute atomic E-state index is 0.108. The Morgan fingerprint density at radius 2 is 1.71 bits per heavy atom. The smallest absolute Gasteiger partial charge is 0.300 e. The summed E-state index contributed by atoms with van der Waals surface area (Å²) in [5, 5.41) is 17.1. The average Bonchev–Trinajstić information content (AvgIpc) is 3.77. The molecule has 1 fully saturated rings. The van der Waals surface area contributed by atoms with Crippen molar-refractivity contribution in [1.82, 2.24) is 9.80 Å². The highest BCUT2D eigenvalue weighted by atomic mass is 19.1. The zero-order valence-corrected chi connectivity index (χ0v) is 33.2. The van der Waals surface area contributed by atoms with Gasteiger partial charge in [0.2, 0.25) is 6.79 Å². The number of nitrogens with zero attached hydrogens (tertiary/aromatic N) is 3. The lowest BCUT2D eigenvalue weighted by Crippen LogP contribution is -2.35. The van der Waals surface area contributed by atoms with Gasteiger partial charge in [0, 0.05) is 51.4 Å². The van der Waals surface area contributed by atoms with Crippen LogP contribution in [0, 0.1) is 12.7 Å². The van der Waals surface area contributed by atoms with Gasteiger partial charge in [0.15, 0.2) is 11.5 Å². The second kappa shape index (κ2) is 24.9. The molecule has 0 radical (unpaired) electrons. The van der Waals surface area contributed by atoms with Crippen molar-refractivity contribution in [2.75, 3.05) is 51.7 Å². The molecule has 4 rings (SSSR count). The molecule has 0 saturated carbocycles. The fourth-order valence-corrected chi connectivity index (χ4v) is 7.17. The number of unbranched alkanes of at least 4 members (excludes halogenated alkanes) is 3. The number of aliphatic carboxylic acids is 1. The van der Waals surface area contributed by atoms with E-state index >= 15 is 0 Å². The molecule has 0 bridgehead atoms. The highest BCUT2D eigenvalue weighted by Gasteiger charge is 2.34. The summed E-state index contributed by atoms with van der Waals surface area (Å²) in [6.45, 7) is 15.3. The molecule has 2 aromatic rings. The highest BCUT2D eigenvalue weighted by Crippen LogP contribution is 2.42. The second-order valence-electron chi connectivity index (χ2n) is 14.3. The number of likely N-dealkylation sites (tertiary alicyclic amines) is 1. The number of benzene rings is 2. The first-order chi connectivity index (χ1) is 25.0. The molecule has 294 valence electrons. The second-order valence-corrected chi connectivity index (χ2v) is 14.3. The van der Waals surface area contributed by atoms with Gasteiger partial charge in [-0.1, -0.05) is 65.9 Å². The number of aliphatic hydroxyl groups excluding tert-OH is 1. The normalized spacial score (nSPS) is 16.4. The molecular weight excluding hydrogens is 661 g/mol. The van der Waals surface area contributed by atoms with Crippen LogP contribution in [-0.2, 0) is 16.0 Å². The predicted molar refractivity (Wildman–Crippen MR) is 209 cm³/mol. The summed E-state index contributed by atoms with van der Waals surface area (Å²) in [4.78, 5) is 27.1. The molecule has 0 amide bonds. The van der Waals surface area contributed by atoms with Crippen LogP contribution in [0.4, 0.5) is 10.1 Å². The number of aliphatic hydroxyl groups is 1. The maximum absolute atomic E-state index is 13.2. The Bertz CT molecular complexity index is 1320. The lowest BCUT2D eigenvalue weighted by atomic mass is 9.92. The summed E-state index contributed by atoms with van der Waals surface area (Å²) in [6, 6.07) is 10.8. The Kier molecular flexibility index (Phi) is 21.5. The first-order valence-electron chi connectivity index (χ1n) is 19.6. The van der Waals surface area contributed by atoms with E-state index in [0.29, 0.717) is 31.3 Å². The Hall–Kier alpha value is -3.21. The van der Waals surface area contributed by atoms with Gasteiger partial charge in [-0.3, -0.25) is 14.6 Å². The fourth-order valence-electron chi connectivity index (χ4n) is 7.17. The van der Waals surface area contributed by atoms with Crippen LogP contribution in [-0.4, -0.2) is 91.1 Å².